The van der Waals surface area contributed by atoms with Gasteiger partial charge in [-0.1, -0.05) is 108 Å². The van der Waals surface area contributed by atoms with Crippen LogP contribution in [0.2, 0.25) is 0 Å². The topological polar surface area (TPSA) is 91.8 Å². The highest BCUT2D eigenvalue weighted by Gasteiger charge is 2.34. The van der Waals surface area contributed by atoms with Gasteiger partial charge in [-0.05, 0) is 65.6 Å². The van der Waals surface area contributed by atoms with Gasteiger partial charge in [0.15, 0.2) is 0 Å². The van der Waals surface area contributed by atoms with E-state index in [1.807, 2.05) is 18.2 Å². The molecule has 1 aliphatic rings. The summed E-state index contributed by atoms with van der Waals surface area (Å²) in [4.78, 5) is 31.9. The Bertz CT molecular complexity index is 1660. The van der Waals surface area contributed by atoms with Crippen molar-refractivity contribution in [3.8, 4) is 17.0 Å². The minimum absolute atomic E-state index is 0.0508. The number of aliphatic carboxylic acids is 1. The van der Waals surface area contributed by atoms with E-state index in [1.54, 1.807) is 4.90 Å². The van der Waals surface area contributed by atoms with Gasteiger partial charge in [0.2, 0.25) is 5.91 Å². The largest absolute Gasteiger partial charge is 0.494 e. The van der Waals surface area contributed by atoms with Gasteiger partial charge in [-0.2, -0.15) is 0 Å². The van der Waals surface area contributed by atoms with Crippen molar-refractivity contribution >= 4 is 22.8 Å². The van der Waals surface area contributed by atoms with Gasteiger partial charge in [-0.15, -0.1) is 0 Å². The van der Waals surface area contributed by atoms with Gasteiger partial charge in [0.1, 0.15) is 5.75 Å². The number of hydrogen-bond donors (Lipinski definition) is 2. The fourth-order valence-corrected chi connectivity index (χ4v) is 6.29. The molecule has 0 aliphatic carbocycles. The van der Waals surface area contributed by atoms with Crippen LogP contribution < -0.4 is 10.1 Å². The second-order valence-electron chi connectivity index (χ2n) is 14.2. The highest BCUT2D eigenvalue weighted by atomic mass is 16.5. The molecule has 7 nitrogen and oxygen atoms in total. The van der Waals surface area contributed by atoms with Crippen molar-refractivity contribution in [3.05, 3.63) is 95.6 Å². The summed E-state index contributed by atoms with van der Waals surface area (Å²) in [5.41, 5.74) is 6.28. The van der Waals surface area contributed by atoms with E-state index in [0.717, 1.165) is 52.1 Å². The Morgan fingerprint density at radius 3 is 2.35 bits per heavy atom. The maximum absolute atomic E-state index is 13.7. The van der Waals surface area contributed by atoms with Gasteiger partial charge in [0.05, 0.1) is 29.8 Å². The summed E-state index contributed by atoms with van der Waals surface area (Å²) in [6.45, 7) is 10.8. The molecule has 254 valence electrons. The van der Waals surface area contributed by atoms with E-state index in [-0.39, 0.29) is 17.9 Å². The van der Waals surface area contributed by atoms with Crippen LogP contribution in [0.3, 0.4) is 0 Å². The third kappa shape index (κ3) is 9.44. The van der Waals surface area contributed by atoms with Gasteiger partial charge < -0.3 is 20.1 Å². The normalized spacial score (nSPS) is 15.5. The lowest BCUT2D eigenvalue weighted by molar-refractivity contribution is -0.141. The van der Waals surface area contributed by atoms with E-state index in [2.05, 4.69) is 93.7 Å². The van der Waals surface area contributed by atoms with Gasteiger partial charge in [-0.25, -0.2) is 4.98 Å². The molecular formula is C41H51N3O4. The van der Waals surface area contributed by atoms with E-state index in [0.29, 0.717) is 25.9 Å². The molecule has 2 atom stereocenters. The summed E-state index contributed by atoms with van der Waals surface area (Å²) >= 11 is 0. The number of unbranched alkanes of at least 4 members (excludes halogenated alkanes) is 4. The minimum Gasteiger partial charge on any atom is -0.494 e. The van der Waals surface area contributed by atoms with E-state index in [9.17, 15) is 14.7 Å². The number of carboxylic acid groups (broad SMARTS) is 1. The number of aromatic nitrogens is 1. The second kappa shape index (κ2) is 16.2. The van der Waals surface area contributed by atoms with Crippen LogP contribution >= 0.6 is 0 Å². The fraction of sp³-hybridized carbons (Fsp3) is 0.439. The number of rotatable bonds is 15. The Kier molecular flexibility index (Phi) is 11.9. The van der Waals surface area contributed by atoms with Gasteiger partial charge in [0, 0.05) is 30.6 Å². The first-order chi connectivity index (χ1) is 23.1. The van der Waals surface area contributed by atoms with Crippen LogP contribution in [0.15, 0.2) is 78.9 Å². The molecule has 5 rings (SSSR count). The molecule has 7 heteroatoms. The van der Waals surface area contributed by atoms with Gasteiger partial charge in [-0.3, -0.25) is 9.59 Å². The maximum atomic E-state index is 13.7. The molecule has 1 amide bonds. The molecule has 0 bridgehead atoms. The van der Waals surface area contributed by atoms with Crippen LogP contribution in [-0.4, -0.2) is 52.6 Å². The number of benzene rings is 3. The van der Waals surface area contributed by atoms with Crippen molar-refractivity contribution in [2.75, 3.05) is 19.7 Å². The lowest BCUT2D eigenvalue weighted by Crippen LogP contribution is -2.47. The lowest BCUT2D eigenvalue weighted by atomic mass is 9.87. The highest BCUT2D eigenvalue weighted by molar-refractivity contribution is 5.84. The number of carbonyl (C=O) groups is 2. The number of amides is 1. The first-order valence-corrected chi connectivity index (χ1v) is 17.6. The van der Waals surface area contributed by atoms with Crippen LogP contribution in [0.4, 0.5) is 0 Å². The Morgan fingerprint density at radius 1 is 0.938 bits per heavy atom. The average molecular weight is 650 g/mol. The number of fused-ring (bicyclic) bond motifs is 1. The molecule has 1 aliphatic heterocycles. The summed E-state index contributed by atoms with van der Waals surface area (Å²) in [7, 11) is 0. The first-order valence-electron chi connectivity index (χ1n) is 17.6. The van der Waals surface area contributed by atoms with Gasteiger partial charge in [0.25, 0.3) is 0 Å². The van der Waals surface area contributed by atoms with Crippen LogP contribution in [-0.2, 0) is 28.0 Å². The third-order valence-corrected chi connectivity index (χ3v) is 9.39. The molecule has 0 saturated carbocycles. The molecule has 0 radical (unpaired) electrons. The quantitative estimate of drug-likeness (QED) is 0.126. The monoisotopic (exact) mass is 649 g/mol. The lowest BCUT2D eigenvalue weighted by Gasteiger charge is -2.25. The Morgan fingerprint density at radius 2 is 1.67 bits per heavy atom. The second-order valence-corrected chi connectivity index (χ2v) is 14.2. The van der Waals surface area contributed by atoms with Crippen LogP contribution in [0.25, 0.3) is 22.2 Å². The van der Waals surface area contributed by atoms with Crippen molar-refractivity contribution < 1.29 is 19.4 Å². The number of carboxylic acids is 1. The molecule has 2 heterocycles. The number of nitrogens with zero attached hydrogens (tertiary/aromatic N) is 2. The number of hydrogen-bond acceptors (Lipinski definition) is 5. The standard InChI is InChI=1S/C41H51N3O4/c1-5-6-7-8-9-24-48-35-19-21-37-32(26-35)16-20-36(43-37)31-14-10-29(11-15-31)25-38(39(45)44-23-22-33(28-44)40(46)47)42-27-30-12-17-34(18-13-30)41(2,3)4/h10-21,26,33,38,42H,5-9,22-25,27-28H2,1-4H3,(H,46,47). The number of nitrogens with one attached hydrogen (secondary N) is 1. The van der Waals surface area contributed by atoms with Crippen molar-refractivity contribution in [2.45, 2.75) is 90.6 Å². The predicted molar refractivity (Wildman–Crippen MR) is 193 cm³/mol. The zero-order valence-corrected chi connectivity index (χ0v) is 29.0. The fourth-order valence-electron chi connectivity index (χ4n) is 6.29. The van der Waals surface area contributed by atoms with Crippen LogP contribution in [0.1, 0.15) is 82.9 Å². The van der Waals surface area contributed by atoms with E-state index in [4.69, 9.17) is 9.72 Å². The van der Waals surface area contributed by atoms with E-state index >= 15 is 0 Å². The molecule has 4 aromatic rings. The highest BCUT2D eigenvalue weighted by Crippen LogP contribution is 2.26. The van der Waals surface area contributed by atoms with Crippen LogP contribution in [0.5, 0.6) is 5.75 Å². The smallest absolute Gasteiger partial charge is 0.308 e. The zero-order chi connectivity index (χ0) is 34.1. The minimum atomic E-state index is -0.839. The molecule has 48 heavy (non-hydrogen) atoms. The van der Waals surface area contributed by atoms with Crippen LogP contribution in [0, 0.1) is 5.92 Å². The molecule has 1 fully saturated rings. The average Bonchev–Trinajstić information content (AvgIpc) is 3.59. The summed E-state index contributed by atoms with van der Waals surface area (Å²) in [6, 6.07) is 26.5. The Balaban J connectivity index is 1.25. The third-order valence-electron chi connectivity index (χ3n) is 9.39. The van der Waals surface area contributed by atoms with Gasteiger partial charge >= 0.3 is 5.97 Å². The predicted octanol–water partition coefficient (Wildman–Crippen LogP) is 8.18. The first kappa shape index (κ1) is 35.1. The number of likely N-dealkylation sites (tertiary alicyclic amines) is 1. The Hall–Kier alpha value is -4.23. The Labute approximate surface area is 285 Å². The number of carbonyl (C=O) groups excluding carboxylic acids is 1. The number of pyridine rings is 1. The number of ether oxygens (including phenoxy) is 1. The maximum Gasteiger partial charge on any atom is 0.308 e. The molecule has 2 N–H and O–H groups in total. The molecule has 1 saturated heterocycles. The molecular weight excluding hydrogens is 598 g/mol. The summed E-state index contributed by atoms with van der Waals surface area (Å²) in [5.74, 6) is -0.518. The van der Waals surface area contributed by atoms with Crippen molar-refractivity contribution in [3.63, 3.8) is 0 Å². The summed E-state index contributed by atoms with van der Waals surface area (Å²) in [5, 5.41) is 14.1. The van der Waals surface area contributed by atoms with Crippen molar-refractivity contribution in [1.29, 1.82) is 0 Å². The van der Waals surface area contributed by atoms with E-state index < -0.39 is 17.9 Å². The molecule has 0 spiro atoms. The zero-order valence-electron chi connectivity index (χ0n) is 29.0. The molecule has 1 aromatic heterocycles. The summed E-state index contributed by atoms with van der Waals surface area (Å²) in [6.07, 6.45) is 7.06. The van der Waals surface area contributed by atoms with E-state index in [1.165, 1.54) is 31.2 Å². The summed E-state index contributed by atoms with van der Waals surface area (Å²) < 4.78 is 5.99. The molecule has 3 aromatic carbocycles. The molecule has 2 unspecified atom stereocenters. The SMILES string of the molecule is CCCCCCCOc1ccc2nc(-c3ccc(CC(NCc4ccc(C(C)(C)C)cc4)C(=O)N4CCC(C(=O)O)C4)cc3)ccc2c1. The van der Waals surface area contributed by atoms with Crippen molar-refractivity contribution in [1.82, 2.24) is 15.2 Å². The van der Waals surface area contributed by atoms with Crippen molar-refractivity contribution in [2.24, 2.45) is 5.92 Å².